The number of rotatable bonds is 7. The Kier molecular flexibility index (Phi) is 7.89. The second-order valence-electron chi connectivity index (χ2n) is 2.80. The van der Waals surface area contributed by atoms with E-state index in [1.54, 1.807) is 6.92 Å². The van der Waals surface area contributed by atoms with Crippen LogP contribution in [0.4, 0.5) is 0 Å². The molecule has 0 spiro atoms. The molecule has 0 aliphatic heterocycles. The Balaban J connectivity index is 2.80. The van der Waals surface area contributed by atoms with E-state index in [0.29, 0.717) is 6.54 Å². The number of aliphatic hydroxyl groups is 1. The van der Waals surface area contributed by atoms with Crippen LogP contribution in [0.15, 0.2) is 0 Å². The molecular weight excluding hydrogens is 140 g/mol. The predicted octanol–water partition coefficient (Wildman–Crippen LogP) is -0.0436. The van der Waals surface area contributed by atoms with E-state index in [1.165, 1.54) is 6.42 Å². The molecule has 0 aliphatic carbocycles. The molecule has 1 atom stereocenters. The minimum atomic E-state index is -0.235. The zero-order valence-corrected chi connectivity index (χ0v) is 7.56. The maximum atomic E-state index is 8.87. The van der Waals surface area contributed by atoms with Gasteiger partial charge in [-0.3, -0.25) is 0 Å². The number of aliphatic hydroxyl groups excluding tert-OH is 1. The van der Waals surface area contributed by atoms with Crippen LogP contribution in [0, 0.1) is 0 Å². The summed E-state index contributed by atoms with van der Waals surface area (Å²) in [6.07, 6.45) is 0.942. The van der Waals surface area contributed by atoms with Crippen molar-refractivity contribution in [2.75, 3.05) is 26.2 Å². The van der Waals surface area contributed by atoms with Crippen LogP contribution in [0.5, 0.6) is 0 Å². The van der Waals surface area contributed by atoms with Crippen LogP contribution < -0.4 is 10.6 Å². The SMILES string of the molecule is CCCNCCNCC(C)O. The van der Waals surface area contributed by atoms with Crippen LogP contribution in [0.1, 0.15) is 20.3 Å². The Morgan fingerprint density at radius 2 is 1.82 bits per heavy atom. The summed E-state index contributed by atoms with van der Waals surface area (Å²) in [6.45, 7) is 7.62. The van der Waals surface area contributed by atoms with Crippen molar-refractivity contribution in [3.05, 3.63) is 0 Å². The molecule has 0 aromatic heterocycles. The molecule has 0 fully saturated rings. The monoisotopic (exact) mass is 160 g/mol. The van der Waals surface area contributed by atoms with Gasteiger partial charge in [0.15, 0.2) is 0 Å². The predicted molar refractivity (Wildman–Crippen MR) is 47.7 cm³/mol. The van der Waals surface area contributed by atoms with Crippen LogP contribution in [0.3, 0.4) is 0 Å². The van der Waals surface area contributed by atoms with E-state index in [2.05, 4.69) is 17.6 Å². The molecular formula is C8H20N2O. The molecule has 3 nitrogen and oxygen atoms in total. The van der Waals surface area contributed by atoms with Gasteiger partial charge >= 0.3 is 0 Å². The van der Waals surface area contributed by atoms with Crippen molar-refractivity contribution in [2.45, 2.75) is 26.4 Å². The minimum Gasteiger partial charge on any atom is -0.392 e. The van der Waals surface area contributed by atoms with Gasteiger partial charge in [0.2, 0.25) is 0 Å². The first-order valence-electron chi connectivity index (χ1n) is 4.37. The van der Waals surface area contributed by atoms with Crippen molar-refractivity contribution in [2.24, 2.45) is 0 Å². The third kappa shape index (κ3) is 9.88. The topological polar surface area (TPSA) is 44.3 Å². The number of hydrogen-bond acceptors (Lipinski definition) is 3. The van der Waals surface area contributed by atoms with E-state index in [4.69, 9.17) is 5.11 Å². The summed E-state index contributed by atoms with van der Waals surface area (Å²) in [5.41, 5.74) is 0. The largest absolute Gasteiger partial charge is 0.392 e. The maximum Gasteiger partial charge on any atom is 0.0636 e. The number of nitrogens with one attached hydrogen (secondary N) is 2. The normalized spacial score (nSPS) is 13.4. The van der Waals surface area contributed by atoms with Crippen LogP contribution in [-0.2, 0) is 0 Å². The van der Waals surface area contributed by atoms with E-state index >= 15 is 0 Å². The van der Waals surface area contributed by atoms with Gasteiger partial charge in [0, 0.05) is 19.6 Å². The molecule has 0 aromatic rings. The van der Waals surface area contributed by atoms with Gasteiger partial charge in [0.1, 0.15) is 0 Å². The highest BCUT2D eigenvalue weighted by Crippen LogP contribution is 1.73. The lowest BCUT2D eigenvalue weighted by atomic mass is 10.4. The van der Waals surface area contributed by atoms with Gasteiger partial charge in [-0.1, -0.05) is 6.92 Å². The molecule has 0 rings (SSSR count). The lowest BCUT2D eigenvalue weighted by Crippen LogP contribution is -2.31. The Labute approximate surface area is 69.2 Å². The zero-order valence-electron chi connectivity index (χ0n) is 7.56. The van der Waals surface area contributed by atoms with Gasteiger partial charge in [-0.2, -0.15) is 0 Å². The molecule has 68 valence electrons. The lowest BCUT2D eigenvalue weighted by molar-refractivity contribution is 0.191. The van der Waals surface area contributed by atoms with E-state index < -0.39 is 0 Å². The summed E-state index contributed by atoms with van der Waals surface area (Å²) in [5, 5.41) is 15.3. The summed E-state index contributed by atoms with van der Waals surface area (Å²) in [4.78, 5) is 0. The summed E-state index contributed by atoms with van der Waals surface area (Å²) in [5.74, 6) is 0. The van der Waals surface area contributed by atoms with E-state index in [-0.39, 0.29) is 6.10 Å². The molecule has 0 aliphatic rings. The van der Waals surface area contributed by atoms with Crippen molar-refractivity contribution >= 4 is 0 Å². The first-order chi connectivity index (χ1) is 5.27. The van der Waals surface area contributed by atoms with Crippen LogP contribution in [0.25, 0.3) is 0 Å². The Bertz CT molecular complexity index is 76.5. The number of hydrogen-bond donors (Lipinski definition) is 3. The average Bonchev–Trinajstić information content (AvgIpc) is 1.96. The summed E-state index contributed by atoms with van der Waals surface area (Å²) in [6, 6.07) is 0. The highest BCUT2D eigenvalue weighted by Gasteiger charge is 1.92. The smallest absolute Gasteiger partial charge is 0.0636 e. The van der Waals surface area contributed by atoms with Gasteiger partial charge in [-0.15, -0.1) is 0 Å². The van der Waals surface area contributed by atoms with Gasteiger partial charge in [-0.25, -0.2) is 0 Å². The second-order valence-corrected chi connectivity index (χ2v) is 2.80. The second kappa shape index (κ2) is 7.98. The van der Waals surface area contributed by atoms with Crippen LogP contribution in [0.2, 0.25) is 0 Å². The molecule has 0 bridgehead atoms. The van der Waals surface area contributed by atoms with E-state index in [9.17, 15) is 0 Å². The highest BCUT2D eigenvalue weighted by molar-refractivity contribution is 4.54. The van der Waals surface area contributed by atoms with Gasteiger partial charge in [-0.05, 0) is 19.9 Å². The first kappa shape index (κ1) is 10.9. The fraction of sp³-hybridized carbons (Fsp3) is 1.00. The Hall–Kier alpha value is -0.120. The van der Waals surface area contributed by atoms with Crippen LogP contribution in [-0.4, -0.2) is 37.4 Å². The molecule has 3 heteroatoms. The molecule has 0 radical (unpaired) electrons. The summed E-state index contributed by atoms with van der Waals surface area (Å²) in [7, 11) is 0. The highest BCUT2D eigenvalue weighted by atomic mass is 16.3. The third-order valence-electron chi connectivity index (χ3n) is 1.35. The first-order valence-corrected chi connectivity index (χ1v) is 4.37. The van der Waals surface area contributed by atoms with Crippen molar-refractivity contribution < 1.29 is 5.11 Å². The lowest BCUT2D eigenvalue weighted by Gasteiger charge is -2.06. The van der Waals surface area contributed by atoms with Crippen molar-refractivity contribution in [1.29, 1.82) is 0 Å². The standard InChI is InChI=1S/C8H20N2O/c1-3-4-9-5-6-10-7-8(2)11/h8-11H,3-7H2,1-2H3. The summed E-state index contributed by atoms with van der Waals surface area (Å²) >= 11 is 0. The fourth-order valence-electron chi connectivity index (χ4n) is 0.790. The van der Waals surface area contributed by atoms with Crippen molar-refractivity contribution in [3.63, 3.8) is 0 Å². The molecule has 0 amide bonds. The van der Waals surface area contributed by atoms with Crippen molar-refractivity contribution in [1.82, 2.24) is 10.6 Å². The molecule has 11 heavy (non-hydrogen) atoms. The zero-order chi connectivity index (χ0) is 8.53. The Morgan fingerprint density at radius 1 is 1.18 bits per heavy atom. The molecule has 0 aromatic carbocycles. The molecule has 3 N–H and O–H groups in total. The van der Waals surface area contributed by atoms with Gasteiger partial charge in [0.05, 0.1) is 6.10 Å². The molecule has 0 saturated heterocycles. The van der Waals surface area contributed by atoms with Crippen LogP contribution >= 0.6 is 0 Å². The molecule has 0 heterocycles. The molecule has 1 unspecified atom stereocenters. The van der Waals surface area contributed by atoms with Gasteiger partial charge < -0.3 is 15.7 Å². The maximum absolute atomic E-state index is 8.87. The summed E-state index contributed by atoms with van der Waals surface area (Å²) < 4.78 is 0. The Morgan fingerprint density at radius 3 is 2.36 bits per heavy atom. The third-order valence-corrected chi connectivity index (χ3v) is 1.35. The minimum absolute atomic E-state index is 0.235. The molecule has 0 saturated carbocycles. The average molecular weight is 160 g/mol. The fourth-order valence-corrected chi connectivity index (χ4v) is 0.790. The van der Waals surface area contributed by atoms with Gasteiger partial charge in [0.25, 0.3) is 0 Å². The van der Waals surface area contributed by atoms with Crippen molar-refractivity contribution in [3.8, 4) is 0 Å². The van der Waals surface area contributed by atoms with E-state index in [1.807, 2.05) is 0 Å². The van der Waals surface area contributed by atoms with E-state index in [0.717, 1.165) is 19.6 Å². The quantitative estimate of drug-likeness (QED) is 0.458.